The number of carbonyl (C=O) groups is 2. The highest BCUT2D eigenvalue weighted by Gasteiger charge is 2.28. The lowest BCUT2D eigenvalue weighted by Gasteiger charge is -2.35. The lowest BCUT2D eigenvalue weighted by atomic mass is 9.88. The zero-order chi connectivity index (χ0) is 24.5. The van der Waals surface area contributed by atoms with E-state index in [0.29, 0.717) is 45.7 Å². The highest BCUT2D eigenvalue weighted by molar-refractivity contribution is 7.80. The van der Waals surface area contributed by atoms with Crippen molar-refractivity contribution >= 4 is 52.2 Å². The van der Waals surface area contributed by atoms with Crippen molar-refractivity contribution in [1.29, 1.82) is 0 Å². The first kappa shape index (κ1) is 24.4. The van der Waals surface area contributed by atoms with Crippen LogP contribution in [0.5, 0.6) is 0 Å². The number of hydrogen-bond acceptors (Lipinski definition) is 5. The summed E-state index contributed by atoms with van der Waals surface area (Å²) >= 11 is 11.6. The Morgan fingerprint density at radius 3 is 2.50 bits per heavy atom. The molecule has 0 bridgehead atoms. The van der Waals surface area contributed by atoms with Gasteiger partial charge in [-0.3, -0.25) is 14.2 Å². The van der Waals surface area contributed by atoms with Crippen LogP contribution in [0.2, 0.25) is 5.02 Å². The average molecular weight is 501 g/mol. The lowest BCUT2D eigenvalue weighted by Crippen LogP contribution is -2.48. The third-order valence-electron chi connectivity index (χ3n) is 6.17. The molecule has 9 heteroatoms. The predicted molar refractivity (Wildman–Crippen MR) is 139 cm³/mol. The number of aromatic nitrogens is 1. The molecule has 1 N–H and O–H groups in total. The minimum Gasteiger partial charge on any atom is -0.454 e. The Kier molecular flexibility index (Phi) is 7.12. The number of furan rings is 1. The predicted octanol–water partition coefficient (Wildman–Crippen LogP) is 4.28. The van der Waals surface area contributed by atoms with Gasteiger partial charge in [0.1, 0.15) is 5.76 Å². The minimum absolute atomic E-state index is 0.158. The van der Waals surface area contributed by atoms with E-state index in [1.165, 1.54) is 0 Å². The number of aldehydes is 1. The van der Waals surface area contributed by atoms with Gasteiger partial charge in [0.15, 0.2) is 17.0 Å². The standard InChI is InChI=1S/C25H29ClN4O3S/c1-25(2,14-23(32)29-10-8-28(3)9-11-29)16-27-24(34)30-19(15-31)12-22-20(30)13-21(33-22)17-4-6-18(26)7-5-17/h4-7,12-13,15H,8-11,14,16H2,1-3H3,(H,27,34). The summed E-state index contributed by atoms with van der Waals surface area (Å²) in [4.78, 5) is 28.7. The van der Waals surface area contributed by atoms with Gasteiger partial charge in [0.2, 0.25) is 5.91 Å². The van der Waals surface area contributed by atoms with Crippen LogP contribution >= 0.6 is 23.8 Å². The average Bonchev–Trinajstić information content (AvgIpc) is 3.36. The fraction of sp³-hybridized carbons (Fsp3) is 0.400. The third kappa shape index (κ3) is 5.35. The number of benzene rings is 1. The molecular formula is C25H29ClN4O3S. The van der Waals surface area contributed by atoms with E-state index in [-0.39, 0.29) is 11.3 Å². The van der Waals surface area contributed by atoms with E-state index >= 15 is 0 Å². The number of rotatable bonds is 6. The van der Waals surface area contributed by atoms with Gasteiger partial charge < -0.3 is 19.5 Å². The second-order valence-electron chi connectivity index (χ2n) is 9.57. The largest absolute Gasteiger partial charge is 0.454 e. The van der Waals surface area contributed by atoms with Crippen LogP contribution in [-0.2, 0) is 4.79 Å². The Morgan fingerprint density at radius 2 is 1.85 bits per heavy atom. The van der Waals surface area contributed by atoms with Gasteiger partial charge >= 0.3 is 0 Å². The van der Waals surface area contributed by atoms with Crippen LogP contribution in [0.1, 0.15) is 30.8 Å². The zero-order valence-corrected chi connectivity index (χ0v) is 21.2. The van der Waals surface area contributed by atoms with E-state index < -0.39 is 0 Å². The Hall–Kier alpha value is -2.68. The van der Waals surface area contributed by atoms with Crippen molar-refractivity contribution in [1.82, 2.24) is 19.7 Å². The first-order valence-electron chi connectivity index (χ1n) is 11.3. The maximum atomic E-state index is 12.8. The number of nitrogens with one attached hydrogen (secondary N) is 1. The van der Waals surface area contributed by atoms with Crippen LogP contribution in [0.3, 0.4) is 0 Å². The van der Waals surface area contributed by atoms with Gasteiger partial charge in [-0.25, -0.2) is 0 Å². The summed E-state index contributed by atoms with van der Waals surface area (Å²) in [6, 6.07) is 10.9. The van der Waals surface area contributed by atoms with E-state index in [4.69, 9.17) is 28.2 Å². The van der Waals surface area contributed by atoms with Crippen LogP contribution in [0.15, 0.2) is 40.8 Å². The number of halogens is 1. The zero-order valence-electron chi connectivity index (χ0n) is 19.6. The molecule has 0 atom stereocenters. The van der Waals surface area contributed by atoms with E-state index in [1.807, 2.05) is 36.9 Å². The van der Waals surface area contributed by atoms with Gasteiger partial charge in [-0.15, -0.1) is 0 Å². The summed E-state index contributed by atoms with van der Waals surface area (Å²) < 4.78 is 7.66. The van der Waals surface area contributed by atoms with Crippen molar-refractivity contribution in [3.8, 4) is 11.3 Å². The molecule has 2 aromatic heterocycles. The first-order chi connectivity index (χ1) is 16.2. The molecular weight excluding hydrogens is 472 g/mol. The summed E-state index contributed by atoms with van der Waals surface area (Å²) in [5.74, 6) is 0.818. The molecule has 0 unspecified atom stereocenters. The number of nitrogens with zero attached hydrogens (tertiary/aromatic N) is 3. The number of hydrogen-bond donors (Lipinski definition) is 1. The molecule has 1 fully saturated rings. The molecule has 0 radical (unpaired) electrons. The number of fused-ring (bicyclic) bond motifs is 1. The molecule has 1 amide bonds. The summed E-state index contributed by atoms with van der Waals surface area (Å²) in [7, 11) is 2.07. The van der Waals surface area contributed by atoms with Gasteiger partial charge in [0.25, 0.3) is 0 Å². The normalized spacial score (nSPS) is 15.0. The number of likely N-dealkylation sites (N-methyl/N-ethyl adjacent to an activating group) is 1. The van der Waals surface area contributed by atoms with E-state index in [2.05, 4.69) is 17.3 Å². The first-order valence-corrected chi connectivity index (χ1v) is 12.1. The molecule has 1 aliphatic rings. The smallest absolute Gasteiger partial charge is 0.223 e. The molecule has 1 aliphatic heterocycles. The summed E-state index contributed by atoms with van der Waals surface area (Å²) in [5, 5.41) is 4.30. The molecule has 4 rings (SSSR count). The number of piperazine rings is 1. The molecule has 0 aliphatic carbocycles. The molecule has 1 saturated heterocycles. The van der Waals surface area contributed by atoms with Crippen molar-refractivity contribution < 1.29 is 14.0 Å². The Labute approximate surface area is 209 Å². The van der Waals surface area contributed by atoms with Crippen molar-refractivity contribution in [3.05, 3.63) is 47.1 Å². The van der Waals surface area contributed by atoms with Crippen LogP contribution in [0.4, 0.5) is 0 Å². The molecule has 34 heavy (non-hydrogen) atoms. The van der Waals surface area contributed by atoms with E-state index in [0.717, 1.165) is 38.0 Å². The topological polar surface area (TPSA) is 70.7 Å². The highest BCUT2D eigenvalue weighted by Crippen LogP contribution is 2.31. The monoisotopic (exact) mass is 500 g/mol. The molecule has 7 nitrogen and oxygen atoms in total. The van der Waals surface area contributed by atoms with Crippen molar-refractivity contribution in [3.63, 3.8) is 0 Å². The quantitative estimate of drug-likeness (QED) is 0.402. The fourth-order valence-electron chi connectivity index (χ4n) is 4.11. The van der Waals surface area contributed by atoms with Crippen LogP contribution < -0.4 is 5.32 Å². The number of amides is 1. The Balaban J connectivity index is 1.46. The molecule has 1 aromatic carbocycles. The third-order valence-corrected chi connectivity index (χ3v) is 6.75. The van der Waals surface area contributed by atoms with Crippen molar-refractivity contribution in [2.24, 2.45) is 5.41 Å². The maximum absolute atomic E-state index is 12.8. The van der Waals surface area contributed by atoms with Gasteiger partial charge in [-0.2, -0.15) is 0 Å². The van der Waals surface area contributed by atoms with Gasteiger partial charge in [0, 0.05) is 61.9 Å². The van der Waals surface area contributed by atoms with Gasteiger partial charge in [-0.1, -0.05) is 25.4 Å². The van der Waals surface area contributed by atoms with Crippen LogP contribution in [0, 0.1) is 5.41 Å². The van der Waals surface area contributed by atoms with Crippen molar-refractivity contribution in [2.75, 3.05) is 39.8 Å². The molecule has 3 aromatic rings. The number of thiocarbonyl (C=S) groups is 1. The Bertz CT molecular complexity index is 1210. The van der Waals surface area contributed by atoms with Crippen LogP contribution in [0.25, 0.3) is 22.4 Å². The summed E-state index contributed by atoms with van der Waals surface area (Å²) in [6.07, 6.45) is 1.17. The molecule has 0 spiro atoms. The van der Waals surface area contributed by atoms with Gasteiger partial charge in [0.05, 0.1) is 11.2 Å². The second-order valence-corrected chi connectivity index (χ2v) is 10.4. The number of carbonyl (C=O) groups excluding carboxylic acids is 2. The maximum Gasteiger partial charge on any atom is 0.223 e. The minimum atomic E-state index is -0.317. The highest BCUT2D eigenvalue weighted by atomic mass is 35.5. The summed E-state index contributed by atoms with van der Waals surface area (Å²) in [6.45, 7) is 7.89. The van der Waals surface area contributed by atoms with Crippen LogP contribution in [-0.4, -0.2) is 71.4 Å². The molecule has 0 saturated carbocycles. The van der Waals surface area contributed by atoms with Crippen molar-refractivity contribution in [2.45, 2.75) is 20.3 Å². The lowest BCUT2D eigenvalue weighted by molar-refractivity contribution is -0.134. The molecule has 3 heterocycles. The van der Waals surface area contributed by atoms with E-state index in [1.54, 1.807) is 22.8 Å². The van der Waals surface area contributed by atoms with E-state index in [9.17, 15) is 9.59 Å². The second kappa shape index (κ2) is 9.90. The Morgan fingerprint density at radius 1 is 1.18 bits per heavy atom. The summed E-state index contributed by atoms with van der Waals surface area (Å²) in [5.41, 5.74) is 2.24. The fourth-order valence-corrected chi connectivity index (χ4v) is 4.52. The molecule has 180 valence electrons. The SMILES string of the molecule is CN1CCN(C(=O)CC(C)(C)CNC(=S)n2c(C=O)cc3oc(-c4ccc(Cl)cc4)cc32)CC1. The van der Waals surface area contributed by atoms with Gasteiger partial charge in [-0.05, 0) is 48.9 Å².